The molecule has 0 saturated heterocycles. The van der Waals surface area contributed by atoms with Crippen molar-refractivity contribution in [1.82, 2.24) is 14.8 Å². The molecule has 0 fully saturated rings. The van der Waals surface area contributed by atoms with Crippen LogP contribution in [-0.4, -0.2) is 14.8 Å². The predicted octanol–water partition coefficient (Wildman–Crippen LogP) is 3.64. The third-order valence-corrected chi connectivity index (χ3v) is 3.35. The minimum Gasteiger partial charge on any atom is -0.253 e. The van der Waals surface area contributed by atoms with Gasteiger partial charge in [-0.2, -0.15) is 5.10 Å². The lowest BCUT2D eigenvalue weighted by molar-refractivity contribution is 0.479. The van der Waals surface area contributed by atoms with Gasteiger partial charge in [-0.3, -0.25) is 4.68 Å². The maximum atomic E-state index is 4.17. The highest BCUT2D eigenvalue weighted by Gasteiger charge is 2.10. The number of hydrogen-bond donors (Lipinski definition) is 0. The van der Waals surface area contributed by atoms with Crippen LogP contribution >= 0.6 is 0 Å². The van der Waals surface area contributed by atoms with E-state index in [1.807, 2.05) is 4.68 Å². The second-order valence-corrected chi connectivity index (χ2v) is 4.70. The maximum Gasteiger partial charge on any atom is 0.137 e. The predicted molar refractivity (Wildman–Crippen MR) is 73.3 cm³/mol. The number of aryl methyl sites for hydroxylation is 1. The van der Waals surface area contributed by atoms with Gasteiger partial charge >= 0.3 is 0 Å². The first-order chi connectivity index (χ1) is 8.90. The number of benzene rings is 1. The Morgan fingerprint density at radius 2 is 2.00 bits per heavy atom. The molecular weight excluding hydrogens is 222 g/mol. The Morgan fingerprint density at radius 1 is 1.17 bits per heavy atom. The average molecular weight is 243 g/mol. The highest BCUT2D eigenvalue weighted by molar-refractivity contribution is 5.19. The minimum atomic E-state index is 0.635. The van der Waals surface area contributed by atoms with E-state index in [0.717, 1.165) is 13.0 Å². The van der Waals surface area contributed by atoms with Crippen LogP contribution < -0.4 is 0 Å². The van der Waals surface area contributed by atoms with E-state index >= 15 is 0 Å². The van der Waals surface area contributed by atoms with Gasteiger partial charge in [0.15, 0.2) is 0 Å². The molecule has 0 aliphatic heterocycles. The van der Waals surface area contributed by atoms with E-state index in [1.165, 1.54) is 24.8 Å². The van der Waals surface area contributed by atoms with Gasteiger partial charge in [-0.25, -0.2) is 4.98 Å². The maximum absolute atomic E-state index is 4.17. The quantitative estimate of drug-likeness (QED) is 0.743. The molecule has 0 bridgehead atoms. The first-order valence-electron chi connectivity index (χ1n) is 6.77. The van der Waals surface area contributed by atoms with Crippen molar-refractivity contribution >= 4 is 0 Å². The molecule has 1 heterocycles. The van der Waals surface area contributed by atoms with Crippen LogP contribution in [0.25, 0.3) is 0 Å². The molecule has 0 aliphatic carbocycles. The molecule has 0 amide bonds. The van der Waals surface area contributed by atoms with Crippen molar-refractivity contribution in [1.29, 1.82) is 0 Å². The normalized spacial score (nSPS) is 12.5. The molecule has 18 heavy (non-hydrogen) atoms. The zero-order valence-electron chi connectivity index (χ0n) is 11.0. The summed E-state index contributed by atoms with van der Waals surface area (Å²) in [6.07, 6.45) is 8.33. The molecule has 3 nitrogen and oxygen atoms in total. The summed E-state index contributed by atoms with van der Waals surface area (Å²) in [5.74, 6) is 0.635. The van der Waals surface area contributed by atoms with Crippen LogP contribution in [0.2, 0.25) is 0 Å². The van der Waals surface area contributed by atoms with Crippen LogP contribution in [0.4, 0.5) is 0 Å². The van der Waals surface area contributed by atoms with Gasteiger partial charge in [0.1, 0.15) is 12.7 Å². The summed E-state index contributed by atoms with van der Waals surface area (Å²) in [7, 11) is 0. The summed E-state index contributed by atoms with van der Waals surface area (Å²) in [4.78, 5) is 3.99. The molecule has 0 radical (unpaired) electrons. The van der Waals surface area contributed by atoms with E-state index in [9.17, 15) is 0 Å². The first kappa shape index (κ1) is 12.8. The Morgan fingerprint density at radius 3 is 2.67 bits per heavy atom. The van der Waals surface area contributed by atoms with Crippen molar-refractivity contribution in [2.45, 2.75) is 45.1 Å². The Hall–Kier alpha value is -1.64. The Labute approximate surface area is 109 Å². The van der Waals surface area contributed by atoms with Gasteiger partial charge < -0.3 is 0 Å². The Balaban J connectivity index is 1.96. The van der Waals surface area contributed by atoms with Gasteiger partial charge in [0.25, 0.3) is 0 Å². The zero-order valence-corrected chi connectivity index (χ0v) is 11.0. The van der Waals surface area contributed by atoms with E-state index in [1.54, 1.807) is 12.7 Å². The van der Waals surface area contributed by atoms with Crippen molar-refractivity contribution in [3.63, 3.8) is 0 Å². The smallest absolute Gasteiger partial charge is 0.137 e. The molecule has 2 aromatic rings. The fourth-order valence-electron chi connectivity index (χ4n) is 2.29. The second kappa shape index (κ2) is 6.94. The fourth-order valence-corrected chi connectivity index (χ4v) is 2.29. The number of aromatic nitrogens is 3. The van der Waals surface area contributed by atoms with Gasteiger partial charge in [0.05, 0.1) is 0 Å². The highest BCUT2D eigenvalue weighted by atomic mass is 15.3. The van der Waals surface area contributed by atoms with Crippen molar-refractivity contribution in [3.05, 3.63) is 48.5 Å². The standard InChI is InChI=1S/C15H21N3/c1-2-3-7-15(14-8-5-4-6-9-14)10-11-18-13-16-12-17-18/h4-6,8-9,12-13,15H,2-3,7,10-11H2,1H3/t15-/m1/s1. The van der Waals surface area contributed by atoms with Gasteiger partial charge in [0, 0.05) is 6.54 Å². The van der Waals surface area contributed by atoms with E-state index in [-0.39, 0.29) is 0 Å². The van der Waals surface area contributed by atoms with Gasteiger partial charge in [-0.15, -0.1) is 0 Å². The molecule has 0 aliphatic rings. The number of rotatable bonds is 7. The van der Waals surface area contributed by atoms with Crippen molar-refractivity contribution in [2.75, 3.05) is 0 Å². The topological polar surface area (TPSA) is 30.7 Å². The molecule has 2 rings (SSSR count). The Bertz CT molecular complexity index is 422. The molecule has 1 aromatic heterocycles. The average Bonchev–Trinajstić information content (AvgIpc) is 2.93. The lowest BCUT2D eigenvalue weighted by Crippen LogP contribution is -2.06. The fraction of sp³-hybridized carbons (Fsp3) is 0.467. The van der Waals surface area contributed by atoms with E-state index in [2.05, 4.69) is 47.3 Å². The van der Waals surface area contributed by atoms with Crippen LogP contribution in [0, 0.1) is 0 Å². The van der Waals surface area contributed by atoms with Crippen LogP contribution in [0.5, 0.6) is 0 Å². The molecule has 0 N–H and O–H groups in total. The van der Waals surface area contributed by atoms with E-state index in [0.29, 0.717) is 5.92 Å². The number of hydrogen-bond acceptors (Lipinski definition) is 2. The van der Waals surface area contributed by atoms with Crippen LogP contribution in [-0.2, 0) is 6.54 Å². The lowest BCUT2D eigenvalue weighted by Gasteiger charge is -2.17. The van der Waals surface area contributed by atoms with Gasteiger partial charge in [0.2, 0.25) is 0 Å². The van der Waals surface area contributed by atoms with Crippen molar-refractivity contribution < 1.29 is 0 Å². The summed E-state index contributed by atoms with van der Waals surface area (Å²) in [6.45, 7) is 3.20. The van der Waals surface area contributed by atoms with Gasteiger partial charge in [-0.05, 0) is 24.3 Å². The van der Waals surface area contributed by atoms with Crippen LogP contribution in [0.15, 0.2) is 43.0 Å². The molecule has 0 saturated carbocycles. The zero-order chi connectivity index (χ0) is 12.6. The number of nitrogens with zero attached hydrogens (tertiary/aromatic N) is 3. The number of unbranched alkanes of at least 4 members (excludes halogenated alkanes) is 1. The van der Waals surface area contributed by atoms with Crippen LogP contribution in [0.3, 0.4) is 0 Å². The van der Waals surface area contributed by atoms with E-state index in [4.69, 9.17) is 0 Å². The molecule has 0 unspecified atom stereocenters. The summed E-state index contributed by atoms with van der Waals surface area (Å²) < 4.78 is 1.92. The molecule has 1 aromatic carbocycles. The van der Waals surface area contributed by atoms with Crippen molar-refractivity contribution in [2.24, 2.45) is 0 Å². The SMILES string of the molecule is CCCC[C@H](CCn1cncn1)c1ccccc1. The van der Waals surface area contributed by atoms with Crippen molar-refractivity contribution in [3.8, 4) is 0 Å². The van der Waals surface area contributed by atoms with Gasteiger partial charge in [-0.1, -0.05) is 50.1 Å². The molecule has 0 spiro atoms. The minimum absolute atomic E-state index is 0.635. The highest BCUT2D eigenvalue weighted by Crippen LogP contribution is 2.25. The third-order valence-electron chi connectivity index (χ3n) is 3.35. The van der Waals surface area contributed by atoms with E-state index < -0.39 is 0 Å². The molecule has 1 atom stereocenters. The third kappa shape index (κ3) is 3.69. The summed E-state index contributed by atoms with van der Waals surface area (Å²) in [6, 6.07) is 10.8. The monoisotopic (exact) mass is 243 g/mol. The molecular formula is C15H21N3. The Kier molecular flexibility index (Phi) is 4.94. The first-order valence-corrected chi connectivity index (χ1v) is 6.77. The largest absolute Gasteiger partial charge is 0.253 e. The molecule has 96 valence electrons. The molecule has 3 heteroatoms. The lowest BCUT2D eigenvalue weighted by atomic mass is 9.91. The summed E-state index contributed by atoms with van der Waals surface area (Å²) in [5.41, 5.74) is 1.45. The summed E-state index contributed by atoms with van der Waals surface area (Å²) >= 11 is 0. The second-order valence-electron chi connectivity index (χ2n) is 4.70. The van der Waals surface area contributed by atoms with Crippen LogP contribution in [0.1, 0.15) is 44.1 Å². The summed E-state index contributed by atoms with van der Waals surface area (Å²) in [5, 5.41) is 4.17.